The van der Waals surface area contributed by atoms with Crippen molar-refractivity contribution in [2.75, 3.05) is 20.8 Å². The predicted molar refractivity (Wildman–Crippen MR) is 89.2 cm³/mol. The molecule has 0 saturated carbocycles. The van der Waals surface area contributed by atoms with Gasteiger partial charge in [0, 0.05) is 12.0 Å². The van der Waals surface area contributed by atoms with Gasteiger partial charge in [0.05, 0.1) is 32.8 Å². The molecule has 0 saturated heterocycles. The van der Waals surface area contributed by atoms with E-state index < -0.39 is 0 Å². The molecule has 2 aromatic carbocycles. The Hall–Kier alpha value is -2.67. The summed E-state index contributed by atoms with van der Waals surface area (Å²) >= 11 is 0. The Balaban J connectivity index is 2.00. The van der Waals surface area contributed by atoms with Crippen molar-refractivity contribution < 1.29 is 14.2 Å². The van der Waals surface area contributed by atoms with Crippen LogP contribution in [0.25, 0.3) is 0 Å². The third-order valence-electron chi connectivity index (χ3n) is 3.65. The van der Waals surface area contributed by atoms with E-state index in [-0.39, 0.29) is 5.92 Å². The zero-order chi connectivity index (χ0) is 16.7. The van der Waals surface area contributed by atoms with Crippen molar-refractivity contribution in [3.05, 3.63) is 53.6 Å². The number of ether oxygens (including phenoxy) is 3. The molecule has 0 aliphatic rings. The normalized spacial score (nSPS) is 11.4. The van der Waals surface area contributed by atoms with E-state index in [0.29, 0.717) is 13.0 Å². The molecule has 2 rings (SSSR count). The molecule has 0 amide bonds. The quantitative estimate of drug-likeness (QED) is 0.773. The molecule has 0 fully saturated rings. The van der Waals surface area contributed by atoms with E-state index in [0.717, 1.165) is 28.4 Å². The lowest BCUT2D eigenvalue weighted by atomic mass is 9.95. The maximum absolute atomic E-state index is 9.48. The van der Waals surface area contributed by atoms with Gasteiger partial charge >= 0.3 is 0 Å². The topological polar surface area (TPSA) is 51.5 Å². The maximum atomic E-state index is 9.48. The molecular weight excluding hydrogens is 290 g/mol. The van der Waals surface area contributed by atoms with Crippen molar-refractivity contribution in [3.63, 3.8) is 0 Å². The highest BCUT2D eigenvalue weighted by molar-refractivity contribution is 5.41. The van der Waals surface area contributed by atoms with Crippen molar-refractivity contribution in [2.45, 2.75) is 19.3 Å². The summed E-state index contributed by atoms with van der Waals surface area (Å²) in [5.41, 5.74) is 2.02. The summed E-state index contributed by atoms with van der Waals surface area (Å²) in [6.45, 7) is 2.47. The second-order valence-electron chi connectivity index (χ2n) is 5.24. The number of nitriles is 1. The van der Waals surface area contributed by atoms with Crippen molar-refractivity contribution in [3.8, 4) is 23.3 Å². The van der Waals surface area contributed by atoms with Crippen LogP contribution in [-0.4, -0.2) is 20.8 Å². The third kappa shape index (κ3) is 4.40. The minimum Gasteiger partial charge on any atom is -0.497 e. The Morgan fingerprint density at radius 3 is 2.30 bits per heavy atom. The number of aryl methyl sites for hydroxylation is 1. The Kier molecular flexibility index (Phi) is 5.87. The van der Waals surface area contributed by atoms with Crippen LogP contribution >= 0.6 is 0 Å². The molecule has 1 unspecified atom stereocenters. The minimum atomic E-state index is -0.261. The summed E-state index contributed by atoms with van der Waals surface area (Å²) in [6, 6.07) is 15.6. The molecule has 0 aliphatic carbocycles. The van der Waals surface area contributed by atoms with Crippen molar-refractivity contribution in [2.24, 2.45) is 0 Å². The van der Waals surface area contributed by atoms with E-state index in [1.54, 1.807) is 14.2 Å². The van der Waals surface area contributed by atoms with Gasteiger partial charge in [-0.3, -0.25) is 0 Å². The molecule has 0 aromatic heterocycles. The average molecular weight is 311 g/mol. The van der Waals surface area contributed by atoms with Crippen LogP contribution in [0.5, 0.6) is 17.2 Å². The number of benzene rings is 2. The van der Waals surface area contributed by atoms with Gasteiger partial charge in [-0.1, -0.05) is 17.7 Å². The van der Waals surface area contributed by atoms with Gasteiger partial charge in [-0.2, -0.15) is 5.26 Å². The number of hydrogen-bond acceptors (Lipinski definition) is 4. The monoisotopic (exact) mass is 311 g/mol. The molecule has 1 atom stereocenters. The molecular formula is C19H21NO3. The van der Waals surface area contributed by atoms with Gasteiger partial charge in [-0.05, 0) is 37.3 Å². The molecule has 0 aliphatic heterocycles. The molecule has 23 heavy (non-hydrogen) atoms. The van der Waals surface area contributed by atoms with Crippen LogP contribution in [0.1, 0.15) is 23.5 Å². The van der Waals surface area contributed by atoms with Crippen LogP contribution in [0.4, 0.5) is 0 Å². The van der Waals surface area contributed by atoms with Crippen molar-refractivity contribution in [1.82, 2.24) is 0 Å². The summed E-state index contributed by atoms with van der Waals surface area (Å²) in [7, 11) is 3.25. The SMILES string of the molecule is COc1ccc(OCCC(C#N)c2cc(C)ccc2OC)cc1. The summed E-state index contributed by atoms with van der Waals surface area (Å²) < 4.78 is 16.2. The number of rotatable bonds is 7. The summed E-state index contributed by atoms with van der Waals surface area (Å²) in [5, 5.41) is 9.48. The van der Waals surface area contributed by atoms with Gasteiger partial charge in [0.1, 0.15) is 17.2 Å². The third-order valence-corrected chi connectivity index (χ3v) is 3.65. The van der Waals surface area contributed by atoms with Gasteiger partial charge in [-0.15, -0.1) is 0 Å². The Bertz CT molecular complexity index is 674. The van der Waals surface area contributed by atoms with Crippen LogP contribution in [0, 0.1) is 18.3 Å². The Morgan fingerprint density at radius 2 is 1.70 bits per heavy atom. The van der Waals surface area contributed by atoms with E-state index in [9.17, 15) is 5.26 Å². The van der Waals surface area contributed by atoms with Crippen LogP contribution in [-0.2, 0) is 0 Å². The van der Waals surface area contributed by atoms with Crippen LogP contribution in [0.2, 0.25) is 0 Å². The van der Waals surface area contributed by atoms with E-state index >= 15 is 0 Å². The van der Waals surface area contributed by atoms with E-state index in [2.05, 4.69) is 6.07 Å². The second-order valence-corrected chi connectivity index (χ2v) is 5.24. The maximum Gasteiger partial charge on any atom is 0.123 e. The molecule has 4 heteroatoms. The molecule has 120 valence electrons. The first-order valence-corrected chi connectivity index (χ1v) is 7.49. The van der Waals surface area contributed by atoms with Crippen molar-refractivity contribution in [1.29, 1.82) is 5.26 Å². The van der Waals surface area contributed by atoms with Crippen molar-refractivity contribution >= 4 is 0 Å². The highest BCUT2D eigenvalue weighted by Gasteiger charge is 2.16. The van der Waals surface area contributed by atoms with Gasteiger partial charge in [-0.25, -0.2) is 0 Å². The van der Waals surface area contributed by atoms with Gasteiger partial charge in [0.15, 0.2) is 0 Å². The number of methoxy groups -OCH3 is 2. The number of nitrogens with zero attached hydrogens (tertiary/aromatic N) is 1. The highest BCUT2D eigenvalue weighted by Crippen LogP contribution is 2.30. The molecule has 0 spiro atoms. The summed E-state index contributed by atoms with van der Waals surface area (Å²) in [5.74, 6) is 2.03. The lowest BCUT2D eigenvalue weighted by Crippen LogP contribution is -2.06. The summed E-state index contributed by atoms with van der Waals surface area (Å²) in [6.07, 6.45) is 0.600. The zero-order valence-electron chi connectivity index (χ0n) is 13.7. The fraction of sp³-hybridized carbons (Fsp3) is 0.316. The largest absolute Gasteiger partial charge is 0.497 e. The van der Waals surface area contributed by atoms with E-state index in [1.807, 2.05) is 49.4 Å². The fourth-order valence-electron chi connectivity index (χ4n) is 2.38. The smallest absolute Gasteiger partial charge is 0.123 e. The lowest BCUT2D eigenvalue weighted by Gasteiger charge is -2.15. The lowest BCUT2D eigenvalue weighted by molar-refractivity contribution is 0.303. The first-order valence-electron chi connectivity index (χ1n) is 7.49. The molecule has 0 N–H and O–H groups in total. The molecule has 0 radical (unpaired) electrons. The molecule has 4 nitrogen and oxygen atoms in total. The Labute approximate surface area is 137 Å². The molecule has 0 bridgehead atoms. The van der Waals surface area contributed by atoms with Crippen LogP contribution < -0.4 is 14.2 Å². The second kappa shape index (κ2) is 8.09. The Morgan fingerprint density at radius 1 is 1.00 bits per heavy atom. The molecule has 2 aromatic rings. The first kappa shape index (κ1) is 16.7. The van der Waals surface area contributed by atoms with E-state index in [4.69, 9.17) is 14.2 Å². The predicted octanol–water partition coefficient (Wildman–Crippen LogP) is 4.09. The standard InChI is InChI=1S/C19H21NO3/c1-14-4-9-19(22-3)18(12-14)15(13-20)10-11-23-17-7-5-16(21-2)6-8-17/h4-9,12,15H,10-11H2,1-3H3. The van der Waals surface area contributed by atoms with Gasteiger partial charge < -0.3 is 14.2 Å². The average Bonchev–Trinajstić information content (AvgIpc) is 2.59. The minimum absolute atomic E-state index is 0.261. The van der Waals surface area contributed by atoms with Gasteiger partial charge in [0.25, 0.3) is 0 Å². The fourth-order valence-corrected chi connectivity index (χ4v) is 2.38. The molecule has 0 heterocycles. The van der Waals surface area contributed by atoms with Crippen LogP contribution in [0.3, 0.4) is 0 Å². The number of hydrogen-bond donors (Lipinski definition) is 0. The summed E-state index contributed by atoms with van der Waals surface area (Å²) in [4.78, 5) is 0. The van der Waals surface area contributed by atoms with Gasteiger partial charge in [0.2, 0.25) is 0 Å². The zero-order valence-corrected chi connectivity index (χ0v) is 13.7. The van der Waals surface area contributed by atoms with Crippen LogP contribution in [0.15, 0.2) is 42.5 Å². The van der Waals surface area contributed by atoms with E-state index in [1.165, 1.54) is 0 Å². The highest BCUT2D eigenvalue weighted by atomic mass is 16.5. The first-order chi connectivity index (χ1) is 11.2.